The van der Waals surface area contributed by atoms with E-state index in [4.69, 9.17) is 14.5 Å². The van der Waals surface area contributed by atoms with E-state index in [1.165, 1.54) is 24.4 Å². The molecular weight excluding hydrogens is 302 g/mol. The van der Waals surface area contributed by atoms with Crippen molar-refractivity contribution in [2.75, 3.05) is 58.5 Å². The van der Waals surface area contributed by atoms with Crippen LogP contribution in [0.25, 0.3) is 0 Å². The molecule has 2 aliphatic heterocycles. The molecule has 0 amide bonds. The van der Waals surface area contributed by atoms with Crippen molar-refractivity contribution in [1.82, 2.24) is 4.90 Å². The highest BCUT2D eigenvalue weighted by Crippen LogP contribution is 2.32. The minimum atomic E-state index is 0.487. The van der Waals surface area contributed by atoms with Gasteiger partial charge >= 0.3 is 0 Å². The summed E-state index contributed by atoms with van der Waals surface area (Å²) in [6.07, 6.45) is 3.47. The number of morpholine rings is 1. The first kappa shape index (κ1) is 17.2. The van der Waals surface area contributed by atoms with Crippen molar-refractivity contribution in [1.29, 1.82) is 0 Å². The van der Waals surface area contributed by atoms with Gasteiger partial charge in [0.25, 0.3) is 0 Å². The van der Waals surface area contributed by atoms with Gasteiger partial charge in [-0.15, -0.1) is 0 Å². The van der Waals surface area contributed by atoms with Gasteiger partial charge in [-0.3, -0.25) is 0 Å². The van der Waals surface area contributed by atoms with Crippen molar-refractivity contribution >= 4 is 17.2 Å². The predicted octanol–water partition coefficient (Wildman–Crippen LogP) is 2.93. The van der Waals surface area contributed by atoms with Gasteiger partial charge in [0.1, 0.15) is 5.84 Å². The number of rotatable bonds is 5. The van der Waals surface area contributed by atoms with Gasteiger partial charge in [-0.05, 0) is 31.4 Å². The second-order valence-corrected chi connectivity index (χ2v) is 6.60. The average molecular weight is 331 g/mol. The van der Waals surface area contributed by atoms with E-state index in [0.29, 0.717) is 5.92 Å². The standard InChI is InChI=1S/C19H29N3O2/c1-21-10-5-6-16(9-13-23-2)19(21)20-17-7-3-4-8-18(17)22-11-14-24-15-12-22/h3-4,7-8,16H,5-6,9-15H2,1-2H3. The Bertz CT molecular complexity index is 555. The van der Waals surface area contributed by atoms with Crippen LogP contribution in [0.1, 0.15) is 19.3 Å². The van der Waals surface area contributed by atoms with E-state index in [-0.39, 0.29) is 0 Å². The van der Waals surface area contributed by atoms with E-state index < -0.39 is 0 Å². The van der Waals surface area contributed by atoms with E-state index in [9.17, 15) is 0 Å². The van der Waals surface area contributed by atoms with Crippen LogP contribution in [0.4, 0.5) is 11.4 Å². The molecule has 1 aromatic carbocycles. The molecule has 0 saturated carbocycles. The molecule has 5 nitrogen and oxygen atoms in total. The Morgan fingerprint density at radius 2 is 2.00 bits per heavy atom. The molecule has 1 aromatic rings. The summed E-state index contributed by atoms with van der Waals surface area (Å²) in [4.78, 5) is 9.82. The van der Waals surface area contributed by atoms with Crippen molar-refractivity contribution in [3.8, 4) is 0 Å². The lowest BCUT2D eigenvalue weighted by Crippen LogP contribution is -2.39. The van der Waals surface area contributed by atoms with E-state index in [1.807, 2.05) is 0 Å². The number of methoxy groups -OCH3 is 1. The van der Waals surface area contributed by atoms with Crippen molar-refractivity contribution in [2.45, 2.75) is 19.3 Å². The summed E-state index contributed by atoms with van der Waals surface area (Å²) in [7, 11) is 3.94. The number of ether oxygens (including phenoxy) is 2. The molecule has 132 valence electrons. The van der Waals surface area contributed by atoms with Crippen LogP contribution in [0.3, 0.4) is 0 Å². The fourth-order valence-electron chi connectivity index (χ4n) is 3.59. The predicted molar refractivity (Wildman–Crippen MR) is 98.4 cm³/mol. The second-order valence-electron chi connectivity index (χ2n) is 6.60. The van der Waals surface area contributed by atoms with Gasteiger partial charge in [-0.2, -0.15) is 0 Å². The molecular formula is C19H29N3O2. The van der Waals surface area contributed by atoms with Gasteiger partial charge < -0.3 is 19.3 Å². The van der Waals surface area contributed by atoms with Crippen LogP contribution in [0.5, 0.6) is 0 Å². The SMILES string of the molecule is COCCC1CCCN(C)C1=Nc1ccccc1N1CCOCC1. The van der Waals surface area contributed by atoms with E-state index in [0.717, 1.165) is 51.6 Å². The maximum atomic E-state index is 5.49. The fraction of sp³-hybridized carbons (Fsp3) is 0.632. The summed E-state index contributed by atoms with van der Waals surface area (Å²) in [5.41, 5.74) is 2.29. The van der Waals surface area contributed by atoms with Crippen molar-refractivity contribution in [3.05, 3.63) is 24.3 Å². The first-order valence-electron chi connectivity index (χ1n) is 9.00. The minimum absolute atomic E-state index is 0.487. The molecule has 0 N–H and O–H groups in total. The van der Waals surface area contributed by atoms with Crippen molar-refractivity contribution in [3.63, 3.8) is 0 Å². The summed E-state index contributed by atoms with van der Waals surface area (Å²) < 4.78 is 10.8. The Morgan fingerprint density at radius 1 is 1.21 bits per heavy atom. The molecule has 2 saturated heterocycles. The number of anilines is 1. The normalized spacial score (nSPS) is 23.8. The highest BCUT2D eigenvalue weighted by Gasteiger charge is 2.25. The maximum absolute atomic E-state index is 5.49. The molecule has 0 aromatic heterocycles. The van der Waals surface area contributed by atoms with Crippen LogP contribution in [0.2, 0.25) is 0 Å². The number of benzene rings is 1. The molecule has 5 heteroatoms. The fourth-order valence-corrected chi connectivity index (χ4v) is 3.59. The summed E-state index contributed by atoms with van der Waals surface area (Å²) in [6.45, 7) is 5.34. The Hall–Kier alpha value is -1.59. The summed E-state index contributed by atoms with van der Waals surface area (Å²) in [5.74, 6) is 1.69. The molecule has 1 atom stereocenters. The number of aliphatic imine (C=N–C) groups is 1. The lowest BCUT2D eigenvalue weighted by molar-refractivity contribution is 0.123. The Morgan fingerprint density at radius 3 is 2.79 bits per heavy atom. The number of para-hydroxylation sites is 2. The minimum Gasteiger partial charge on any atom is -0.385 e. The zero-order chi connectivity index (χ0) is 16.8. The number of nitrogens with zero attached hydrogens (tertiary/aromatic N) is 3. The monoisotopic (exact) mass is 331 g/mol. The van der Waals surface area contributed by atoms with Crippen LogP contribution in [-0.4, -0.2) is 64.3 Å². The van der Waals surface area contributed by atoms with Crippen LogP contribution < -0.4 is 4.90 Å². The van der Waals surface area contributed by atoms with Gasteiger partial charge in [-0.1, -0.05) is 12.1 Å². The summed E-state index contributed by atoms with van der Waals surface area (Å²) in [5, 5.41) is 0. The quantitative estimate of drug-likeness (QED) is 0.831. The average Bonchev–Trinajstić information content (AvgIpc) is 2.63. The molecule has 0 radical (unpaired) electrons. The Balaban J connectivity index is 1.87. The molecule has 0 aliphatic carbocycles. The number of likely N-dealkylation sites (tertiary alicyclic amines) is 1. The molecule has 2 fully saturated rings. The van der Waals surface area contributed by atoms with Gasteiger partial charge in [0.2, 0.25) is 0 Å². The molecule has 1 unspecified atom stereocenters. The topological polar surface area (TPSA) is 37.3 Å². The molecule has 0 spiro atoms. The lowest BCUT2D eigenvalue weighted by Gasteiger charge is -2.34. The van der Waals surface area contributed by atoms with Gasteiger partial charge in [0.05, 0.1) is 24.6 Å². The third-order valence-corrected chi connectivity index (χ3v) is 4.94. The van der Waals surface area contributed by atoms with E-state index in [2.05, 4.69) is 41.1 Å². The zero-order valence-electron chi connectivity index (χ0n) is 14.9. The van der Waals surface area contributed by atoms with Crippen LogP contribution in [0.15, 0.2) is 29.3 Å². The second kappa shape index (κ2) is 8.49. The van der Waals surface area contributed by atoms with E-state index >= 15 is 0 Å². The summed E-state index contributed by atoms with van der Waals surface area (Å²) in [6, 6.07) is 8.49. The third-order valence-electron chi connectivity index (χ3n) is 4.94. The van der Waals surface area contributed by atoms with Crippen LogP contribution >= 0.6 is 0 Å². The maximum Gasteiger partial charge on any atom is 0.108 e. The highest BCUT2D eigenvalue weighted by atomic mass is 16.5. The van der Waals surface area contributed by atoms with Gasteiger partial charge in [0, 0.05) is 46.3 Å². The molecule has 2 heterocycles. The summed E-state index contributed by atoms with van der Waals surface area (Å²) >= 11 is 0. The number of piperidine rings is 1. The van der Waals surface area contributed by atoms with E-state index in [1.54, 1.807) is 7.11 Å². The number of amidine groups is 1. The van der Waals surface area contributed by atoms with Gasteiger partial charge in [-0.25, -0.2) is 4.99 Å². The molecule has 24 heavy (non-hydrogen) atoms. The zero-order valence-corrected chi connectivity index (χ0v) is 14.9. The first-order valence-corrected chi connectivity index (χ1v) is 9.00. The smallest absolute Gasteiger partial charge is 0.108 e. The highest BCUT2D eigenvalue weighted by molar-refractivity contribution is 5.89. The molecule has 0 bridgehead atoms. The van der Waals surface area contributed by atoms with Gasteiger partial charge in [0.15, 0.2) is 0 Å². The van der Waals surface area contributed by atoms with Crippen molar-refractivity contribution in [2.24, 2.45) is 10.9 Å². The van der Waals surface area contributed by atoms with Crippen LogP contribution in [0, 0.1) is 5.92 Å². The largest absolute Gasteiger partial charge is 0.385 e. The number of hydrogen-bond acceptors (Lipinski definition) is 4. The first-order chi connectivity index (χ1) is 11.8. The van der Waals surface area contributed by atoms with Crippen molar-refractivity contribution < 1.29 is 9.47 Å². The third kappa shape index (κ3) is 4.08. The Kier molecular flexibility index (Phi) is 6.10. The Labute approximate surface area is 145 Å². The number of hydrogen-bond donors (Lipinski definition) is 0. The molecule has 2 aliphatic rings. The molecule has 3 rings (SSSR count). The lowest BCUT2D eigenvalue weighted by atomic mass is 9.93. The van der Waals surface area contributed by atoms with Crippen LogP contribution in [-0.2, 0) is 9.47 Å².